The van der Waals surface area contributed by atoms with Gasteiger partial charge in [-0.15, -0.1) is 10.2 Å². The normalized spacial score (nSPS) is 14.0. The van der Waals surface area contributed by atoms with E-state index in [0.29, 0.717) is 22.4 Å². The summed E-state index contributed by atoms with van der Waals surface area (Å²) >= 11 is 5.80. The van der Waals surface area contributed by atoms with Crippen LogP contribution in [0, 0.1) is 0 Å². The largest absolute Gasteiger partial charge is 0.372 e. The van der Waals surface area contributed by atoms with Crippen molar-refractivity contribution < 1.29 is 13.2 Å². The number of halogens is 1. The molecule has 0 aliphatic carbocycles. The van der Waals surface area contributed by atoms with Gasteiger partial charge in [0.05, 0.1) is 10.3 Å². The Labute approximate surface area is 167 Å². The van der Waals surface area contributed by atoms with E-state index in [1.54, 1.807) is 36.9 Å². The van der Waals surface area contributed by atoms with Gasteiger partial charge < -0.3 is 9.30 Å². The summed E-state index contributed by atoms with van der Waals surface area (Å²) in [5.74, 6) is 0.732. The Bertz CT molecular complexity index is 1040. The molecule has 3 rings (SSSR count). The van der Waals surface area contributed by atoms with E-state index in [-0.39, 0.29) is 11.6 Å². The van der Waals surface area contributed by atoms with Gasteiger partial charge in [-0.2, -0.15) is 0 Å². The van der Waals surface area contributed by atoms with Gasteiger partial charge in [-0.1, -0.05) is 17.7 Å². The molecule has 2 atom stereocenters. The summed E-state index contributed by atoms with van der Waals surface area (Å²) in [6.07, 6.45) is 3.59. The molecule has 0 unspecified atom stereocenters. The highest BCUT2D eigenvalue weighted by Gasteiger charge is 2.34. The second-order valence-corrected chi connectivity index (χ2v) is 8.94. The first-order valence-electron chi connectivity index (χ1n) is 8.35. The second-order valence-electron chi connectivity index (χ2n) is 6.14. The highest BCUT2D eigenvalue weighted by Crippen LogP contribution is 2.26. The zero-order valence-corrected chi connectivity index (χ0v) is 17.1. The quantitative estimate of drug-likeness (QED) is 0.568. The van der Waals surface area contributed by atoms with Gasteiger partial charge in [-0.25, -0.2) is 18.4 Å². The molecule has 0 spiro atoms. The molecule has 3 aromatic heterocycles. The third kappa shape index (κ3) is 4.18. The Balaban J connectivity index is 1.85. The van der Waals surface area contributed by atoms with Crippen LogP contribution in [0.25, 0.3) is 11.5 Å². The maximum Gasteiger partial charge on any atom is 0.182 e. The third-order valence-corrected chi connectivity index (χ3v) is 6.57. The van der Waals surface area contributed by atoms with Crippen LogP contribution >= 0.6 is 11.6 Å². The van der Waals surface area contributed by atoms with Crippen LogP contribution in [0.5, 0.6) is 0 Å². The van der Waals surface area contributed by atoms with Crippen molar-refractivity contribution in [3.8, 4) is 11.5 Å². The number of rotatable bonds is 7. The second kappa shape index (κ2) is 8.29. The molecule has 0 aromatic carbocycles. The van der Waals surface area contributed by atoms with Crippen LogP contribution in [-0.2, 0) is 27.4 Å². The fourth-order valence-electron chi connectivity index (χ4n) is 2.68. The van der Waals surface area contributed by atoms with Crippen molar-refractivity contribution in [2.45, 2.75) is 24.0 Å². The maximum absolute atomic E-state index is 13.0. The molecule has 0 radical (unpaired) electrons. The van der Waals surface area contributed by atoms with Crippen molar-refractivity contribution >= 4 is 21.4 Å². The van der Waals surface area contributed by atoms with Gasteiger partial charge in [0.1, 0.15) is 23.4 Å². The number of pyridine rings is 1. The van der Waals surface area contributed by atoms with Crippen molar-refractivity contribution in [1.82, 2.24) is 29.7 Å². The van der Waals surface area contributed by atoms with Crippen molar-refractivity contribution in [1.29, 1.82) is 0 Å². The van der Waals surface area contributed by atoms with Crippen LogP contribution in [0.3, 0.4) is 0 Å². The molecule has 11 heteroatoms. The molecule has 3 aromatic rings. The van der Waals surface area contributed by atoms with Crippen molar-refractivity contribution in [3.05, 3.63) is 53.5 Å². The summed E-state index contributed by atoms with van der Waals surface area (Å²) in [7, 11) is -0.539. The van der Waals surface area contributed by atoms with E-state index in [0.717, 1.165) is 0 Å². The fourth-order valence-corrected chi connectivity index (χ4v) is 4.26. The standard InChI is InChI=1S/C17H19ClN6O3S/c1-11(15(27-3)16-20-8-12(18)9-21-16)28(25,26)10-14-22-23-17(24(14)2)13-6-4-5-7-19-13/h4-9,11,15H,10H2,1-3H3/t11-,15-/m0/s1. The topological polar surface area (TPSA) is 113 Å². The van der Waals surface area contributed by atoms with Crippen LogP contribution < -0.4 is 0 Å². The van der Waals surface area contributed by atoms with Crippen LogP contribution in [0.2, 0.25) is 5.02 Å². The Hall–Kier alpha value is -2.43. The summed E-state index contributed by atoms with van der Waals surface area (Å²) < 4.78 is 32.9. The number of hydrogen-bond acceptors (Lipinski definition) is 8. The van der Waals surface area contributed by atoms with E-state index >= 15 is 0 Å². The lowest BCUT2D eigenvalue weighted by Crippen LogP contribution is -2.30. The molecule has 0 bridgehead atoms. The Morgan fingerprint density at radius 1 is 1.18 bits per heavy atom. The zero-order valence-electron chi connectivity index (χ0n) is 15.5. The Kier molecular flexibility index (Phi) is 6.01. The molecule has 0 amide bonds. The first kappa shape index (κ1) is 20.3. The highest BCUT2D eigenvalue weighted by molar-refractivity contribution is 7.91. The predicted molar refractivity (Wildman–Crippen MR) is 103 cm³/mol. The van der Waals surface area contributed by atoms with Crippen LogP contribution in [-0.4, -0.2) is 50.5 Å². The molecule has 148 valence electrons. The van der Waals surface area contributed by atoms with Crippen molar-refractivity contribution in [2.75, 3.05) is 7.11 Å². The lowest BCUT2D eigenvalue weighted by Gasteiger charge is -2.21. The SMILES string of the molecule is CO[C@H](c1ncc(Cl)cn1)[C@H](C)S(=O)(=O)Cc1nnc(-c2ccccn2)n1C. The number of methoxy groups -OCH3 is 1. The number of aromatic nitrogens is 6. The first-order valence-corrected chi connectivity index (χ1v) is 10.4. The summed E-state index contributed by atoms with van der Waals surface area (Å²) in [6.45, 7) is 1.55. The summed E-state index contributed by atoms with van der Waals surface area (Å²) in [5.41, 5.74) is 0.610. The molecule has 0 fully saturated rings. The number of hydrogen-bond donors (Lipinski definition) is 0. The van der Waals surface area contributed by atoms with Gasteiger partial charge in [0.2, 0.25) is 0 Å². The molecular formula is C17H19ClN6O3S. The van der Waals surface area contributed by atoms with Gasteiger partial charge in [-0.3, -0.25) is 4.98 Å². The average Bonchev–Trinajstić information content (AvgIpc) is 3.04. The smallest absolute Gasteiger partial charge is 0.182 e. The molecule has 0 aliphatic heterocycles. The molecule has 3 heterocycles. The number of ether oxygens (including phenoxy) is 1. The summed E-state index contributed by atoms with van der Waals surface area (Å²) in [4.78, 5) is 12.4. The lowest BCUT2D eigenvalue weighted by atomic mass is 10.2. The van der Waals surface area contributed by atoms with Crippen LogP contribution in [0.15, 0.2) is 36.8 Å². The van der Waals surface area contributed by atoms with Crippen LogP contribution in [0.1, 0.15) is 24.7 Å². The predicted octanol–water partition coefficient (Wildman–Crippen LogP) is 2.01. The first-order chi connectivity index (χ1) is 13.3. The van der Waals surface area contributed by atoms with Gasteiger partial charge in [-0.05, 0) is 19.1 Å². The average molecular weight is 423 g/mol. The van der Waals surface area contributed by atoms with Crippen molar-refractivity contribution in [2.24, 2.45) is 7.05 Å². The molecule has 9 nitrogen and oxygen atoms in total. The fraction of sp³-hybridized carbons (Fsp3) is 0.353. The zero-order chi connectivity index (χ0) is 20.3. The lowest BCUT2D eigenvalue weighted by molar-refractivity contribution is 0.0948. The van der Waals surface area contributed by atoms with Crippen LogP contribution in [0.4, 0.5) is 0 Å². The Morgan fingerprint density at radius 2 is 1.89 bits per heavy atom. The van der Waals surface area contributed by atoms with Crippen molar-refractivity contribution in [3.63, 3.8) is 0 Å². The van der Waals surface area contributed by atoms with E-state index in [2.05, 4.69) is 25.1 Å². The minimum absolute atomic E-state index is 0.245. The highest BCUT2D eigenvalue weighted by atomic mass is 35.5. The molecule has 0 aliphatic rings. The molecular weight excluding hydrogens is 404 g/mol. The molecule has 0 saturated heterocycles. The third-order valence-electron chi connectivity index (χ3n) is 4.33. The number of sulfone groups is 1. The van der Waals surface area contributed by atoms with E-state index in [9.17, 15) is 8.42 Å². The van der Waals surface area contributed by atoms with Gasteiger partial charge in [0.25, 0.3) is 0 Å². The maximum atomic E-state index is 13.0. The monoisotopic (exact) mass is 422 g/mol. The van der Waals surface area contributed by atoms with E-state index in [4.69, 9.17) is 16.3 Å². The van der Waals surface area contributed by atoms with Gasteiger partial charge in [0, 0.05) is 32.7 Å². The number of nitrogens with zero attached hydrogens (tertiary/aromatic N) is 6. The Morgan fingerprint density at radius 3 is 2.50 bits per heavy atom. The van der Waals surface area contributed by atoms with E-state index in [1.165, 1.54) is 19.5 Å². The minimum atomic E-state index is -3.66. The van der Waals surface area contributed by atoms with E-state index < -0.39 is 21.2 Å². The van der Waals surface area contributed by atoms with Gasteiger partial charge >= 0.3 is 0 Å². The molecule has 0 N–H and O–H groups in total. The molecule has 28 heavy (non-hydrogen) atoms. The molecule has 0 saturated carbocycles. The van der Waals surface area contributed by atoms with Gasteiger partial charge in [0.15, 0.2) is 21.5 Å². The minimum Gasteiger partial charge on any atom is -0.372 e. The summed E-state index contributed by atoms with van der Waals surface area (Å²) in [6, 6.07) is 5.39. The van der Waals surface area contributed by atoms with E-state index in [1.807, 2.05) is 6.07 Å². The summed E-state index contributed by atoms with van der Waals surface area (Å²) in [5, 5.41) is 7.56.